The Morgan fingerprint density at radius 2 is 2.20 bits per heavy atom. The van der Waals surface area contributed by atoms with Crippen molar-refractivity contribution in [3.63, 3.8) is 0 Å². The Labute approximate surface area is 63.6 Å². The zero-order valence-corrected chi connectivity index (χ0v) is 6.78. The summed E-state index contributed by atoms with van der Waals surface area (Å²) in [5.41, 5.74) is 2.22. The van der Waals surface area contributed by atoms with E-state index in [1.807, 2.05) is 13.8 Å². The van der Waals surface area contributed by atoms with E-state index in [0.717, 1.165) is 18.4 Å². The Balaban J connectivity index is 3.56. The molecule has 0 aliphatic heterocycles. The minimum atomic E-state index is 1.02. The molecule has 0 nitrogen and oxygen atoms in total. The second-order valence-electron chi connectivity index (χ2n) is 2.53. The maximum atomic E-state index is 5.15. The summed E-state index contributed by atoms with van der Waals surface area (Å²) in [7, 11) is 0. The first-order chi connectivity index (χ1) is 4.66. The number of hydrogen-bond donors (Lipinski definition) is 0. The van der Waals surface area contributed by atoms with Crippen molar-refractivity contribution in [2.45, 2.75) is 26.7 Å². The Bertz CT molecular complexity index is 177. The standard InChI is InChI=1S/C10H14/c1-5-10(4)8-6-7-9(2)3/h1,8H,2,6-7H2,3-4H3. The van der Waals surface area contributed by atoms with Gasteiger partial charge >= 0.3 is 0 Å². The summed E-state index contributed by atoms with van der Waals surface area (Å²) in [6, 6.07) is 0. The third kappa shape index (κ3) is 5.18. The van der Waals surface area contributed by atoms with Crippen LogP contribution in [0.4, 0.5) is 0 Å². The van der Waals surface area contributed by atoms with Gasteiger partial charge in [0.2, 0.25) is 0 Å². The van der Waals surface area contributed by atoms with Crippen molar-refractivity contribution in [3.05, 3.63) is 23.8 Å². The van der Waals surface area contributed by atoms with Crippen LogP contribution in [0.1, 0.15) is 26.7 Å². The highest BCUT2D eigenvalue weighted by Crippen LogP contribution is 2.03. The molecule has 0 atom stereocenters. The molecule has 0 spiro atoms. The Morgan fingerprint density at radius 3 is 2.60 bits per heavy atom. The third-order valence-electron chi connectivity index (χ3n) is 1.25. The summed E-state index contributed by atoms with van der Waals surface area (Å²) >= 11 is 0. The van der Waals surface area contributed by atoms with Gasteiger partial charge in [-0.3, -0.25) is 0 Å². The highest BCUT2D eigenvalue weighted by atomic mass is 13.9. The fourth-order valence-corrected chi connectivity index (χ4v) is 0.594. The van der Waals surface area contributed by atoms with E-state index in [-0.39, 0.29) is 0 Å². The van der Waals surface area contributed by atoms with Gasteiger partial charge in [0.25, 0.3) is 0 Å². The first-order valence-corrected chi connectivity index (χ1v) is 3.44. The molecule has 0 rings (SSSR count). The second-order valence-corrected chi connectivity index (χ2v) is 2.53. The molecule has 10 heavy (non-hydrogen) atoms. The van der Waals surface area contributed by atoms with Gasteiger partial charge in [-0.05, 0) is 32.3 Å². The second kappa shape index (κ2) is 4.88. The molecule has 0 fully saturated rings. The molecular weight excluding hydrogens is 120 g/mol. The zero-order chi connectivity index (χ0) is 7.98. The Hall–Kier alpha value is -0.960. The lowest BCUT2D eigenvalue weighted by atomic mass is 10.1. The van der Waals surface area contributed by atoms with Gasteiger partial charge in [-0.2, -0.15) is 0 Å². The molecule has 54 valence electrons. The van der Waals surface area contributed by atoms with Crippen molar-refractivity contribution in [2.75, 3.05) is 0 Å². The van der Waals surface area contributed by atoms with Gasteiger partial charge in [0.05, 0.1) is 0 Å². The van der Waals surface area contributed by atoms with Crippen molar-refractivity contribution >= 4 is 0 Å². The van der Waals surface area contributed by atoms with Crippen molar-refractivity contribution in [2.24, 2.45) is 0 Å². The minimum Gasteiger partial charge on any atom is -0.115 e. The lowest BCUT2D eigenvalue weighted by molar-refractivity contribution is 0.978. The van der Waals surface area contributed by atoms with Gasteiger partial charge in [0.1, 0.15) is 0 Å². The van der Waals surface area contributed by atoms with Crippen LogP contribution in [0.2, 0.25) is 0 Å². The summed E-state index contributed by atoms with van der Waals surface area (Å²) in [6.45, 7) is 7.77. The minimum absolute atomic E-state index is 1.02. The lowest BCUT2D eigenvalue weighted by Gasteiger charge is -1.92. The van der Waals surface area contributed by atoms with E-state index in [0.29, 0.717) is 0 Å². The number of rotatable bonds is 3. The van der Waals surface area contributed by atoms with E-state index >= 15 is 0 Å². The lowest BCUT2D eigenvalue weighted by Crippen LogP contribution is -1.73. The predicted molar refractivity (Wildman–Crippen MR) is 46.6 cm³/mol. The Morgan fingerprint density at radius 1 is 1.60 bits per heavy atom. The molecule has 0 amide bonds. The summed E-state index contributed by atoms with van der Waals surface area (Å²) < 4.78 is 0. The highest BCUT2D eigenvalue weighted by molar-refractivity contribution is 5.22. The molecule has 0 aromatic carbocycles. The van der Waals surface area contributed by atoms with Gasteiger partial charge in [-0.1, -0.05) is 17.6 Å². The monoisotopic (exact) mass is 134 g/mol. The molecule has 0 bridgehead atoms. The maximum Gasteiger partial charge on any atom is -0.00532 e. The molecule has 0 radical (unpaired) electrons. The largest absolute Gasteiger partial charge is 0.115 e. The molecule has 0 aliphatic rings. The maximum absolute atomic E-state index is 5.15. The van der Waals surface area contributed by atoms with Gasteiger partial charge in [0.15, 0.2) is 0 Å². The van der Waals surface area contributed by atoms with Crippen molar-refractivity contribution in [1.29, 1.82) is 0 Å². The molecule has 0 aromatic heterocycles. The van der Waals surface area contributed by atoms with Crippen LogP contribution in [-0.2, 0) is 0 Å². The average Bonchev–Trinajstić information content (AvgIpc) is 1.87. The van der Waals surface area contributed by atoms with E-state index in [1.165, 1.54) is 5.57 Å². The molecule has 0 heterocycles. The normalized spacial score (nSPS) is 10.7. The van der Waals surface area contributed by atoms with Gasteiger partial charge < -0.3 is 0 Å². The molecule has 0 N–H and O–H groups in total. The van der Waals surface area contributed by atoms with Crippen LogP contribution in [0.25, 0.3) is 0 Å². The van der Waals surface area contributed by atoms with Crippen LogP contribution >= 0.6 is 0 Å². The number of terminal acetylenes is 1. The van der Waals surface area contributed by atoms with E-state index in [4.69, 9.17) is 6.42 Å². The third-order valence-corrected chi connectivity index (χ3v) is 1.25. The number of allylic oxidation sites excluding steroid dienone is 3. The molecule has 0 heteroatoms. The van der Waals surface area contributed by atoms with E-state index in [9.17, 15) is 0 Å². The van der Waals surface area contributed by atoms with Crippen LogP contribution in [0.3, 0.4) is 0 Å². The van der Waals surface area contributed by atoms with Crippen LogP contribution < -0.4 is 0 Å². The van der Waals surface area contributed by atoms with E-state index in [2.05, 4.69) is 18.6 Å². The summed E-state index contributed by atoms with van der Waals surface area (Å²) in [5, 5.41) is 0. The zero-order valence-electron chi connectivity index (χ0n) is 6.78. The van der Waals surface area contributed by atoms with Crippen LogP contribution in [-0.4, -0.2) is 0 Å². The predicted octanol–water partition coefficient (Wildman–Crippen LogP) is 2.92. The molecule has 0 saturated heterocycles. The fourth-order valence-electron chi connectivity index (χ4n) is 0.594. The molecule has 0 aliphatic carbocycles. The molecular formula is C10H14. The first-order valence-electron chi connectivity index (χ1n) is 3.44. The van der Waals surface area contributed by atoms with E-state index in [1.54, 1.807) is 0 Å². The van der Waals surface area contributed by atoms with Crippen LogP contribution in [0, 0.1) is 12.3 Å². The number of hydrogen-bond acceptors (Lipinski definition) is 0. The smallest absolute Gasteiger partial charge is 0.00532 e. The van der Waals surface area contributed by atoms with Crippen molar-refractivity contribution in [1.82, 2.24) is 0 Å². The van der Waals surface area contributed by atoms with Gasteiger partial charge in [-0.25, -0.2) is 0 Å². The van der Waals surface area contributed by atoms with Crippen molar-refractivity contribution < 1.29 is 0 Å². The van der Waals surface area contributed by atoms with Gasteiger partial charge in [-0.15, -0.1) is 13.0 Å². The average molecular weight is 134 g/mol. The first kappa shape index (κ1) is 9.04. The molecule has 0 unspecified atom stereocenters. The molecule has 0 saturated carbocycles. The quantitative estimate of drug-likeness (QED) is 0.411. The topological polar surface area (TPSA) is 0 Å². The van der Waals surface area contributed by atoms with Crippen LogP contribution in [0.15, 0.2) is 23.8 Å². The highest BCUT2D eigenvalue weighted by Gasteiger charge is 1.84. The summed E-state index contributed by atoms with van der Waals surface area (Å²) in [5.74, 6) is 2.57. The van der Waals surface area contributed by atoms with Crippen molar-refractivity contribution in [3.8, 4) is 12.3 Å². The Kier molecular flexibility index (Phi) is 4.41. The summed E-state index contributed by atoms with van der Waals surface area (Å²) in [6.07, 6.45) is 9.27. The molecule has 0 aromatic rings. The SMILES string of the molecule is C#CC(C)=CCCC(=C)C. The fraction of sp³-hybridized carbons (Fsp3) is 0.400. The van der Waals surface area contributed by atoms with Gasteiger partial charge in [0, 0.05) is 0 Å². The van der Waals surface area contributed by atoms with Crippen LogP contribution in [0.5, 0.6) is 0 Å². The summed E-state index contributed by atoms with van der Waals surface area (Å²) in [4.78, 5) is 0. The van der Waals surface area contributed by atoms with E-state index < -0.39 is 0 Å².